The van der Waals surface area contributed by atoms with Crippen LogP contribution < -0.4 is 10.1 Å². The van der Waals surface area contributed by atoms with Gasteiger partial charge in [-0.2, -0.15) is 0 Å². The molecule has 0 aromatic heterocycles. The van der Waals surface area contributed by atoms with Gasteiger partial charge >= 0.3 is 5.97 Å². The topological polar surface area (TPSA) is 64.6 Å². The summed E-state index contributed by atoms with van der Waals surface area (Å²) in [6.07, 6.45) is 2.47. The number of hydrogen-bond donors (Lipinski definition) is 1. The average molecular weight is 347 g/mol. The Balaban J connectivity index is 1.95. The number of carbonyl (C=O) groups is 2. The number of amides is 1. The molecular formula is C20H29NO4. The number of nitrogens with one attached hydrogen (secondary N) is 1. The third kappa shape index (κ3) is 4.74. The Morgan fingerprint density at radius 1 is 1.24 bits per heavy atom. The summed E-state index contributed by atoms with van der Waals surface area (Å²) in [6, 6.07) is 5.26. The van der Waals surface area contributed by atoms with Gasteiger partial charge in [-0.15, -0.1) is 0 Å². The fourth-order valence-corrected chi connectivity index (χ4v) is 3.31. The summed E-state index contributed by atoms with van der Waals surface area (Å²) in [6.45, 7) is 7.90. The number of aryl methyl sites for hydroxylation is 1. The van der Waals surface area contributed by atoms with Gasteiger partial charge in [0.2, 0.25) is 0 Å². The van der Waals surface area contributed by atoms with E-state index in [-0.39, 0.29) is 11.9 Å². The quantitative estimate of drug-likeness (QED) is 0.828. The van der Waals surface area contributed by atoms with Crippen LogP contribution in [0.15, 0.2) is 18.2 Å². The summed E-state index contributed by atoms with van der Waals surface area (Å²) >= 11 is 0. The summed E-state index contributed by atoms with van der Waals surface area (Å²) in [4.78, 5) is 24.7. The van der Waals surface area contributed by atoms with Crippen molar-refractivity contribution < 1.29 is 19.1 Å². The summed E-state index contributed by atoms with van der Waals surface area (Å²) in [5.74, 6) is 0.889. The van der Waals surface area contributed by atoms with Crippen molar-refractivity contribution in [1.29, 1.82) is 0 Å². The molecule has 2 rings (SSSR count). The van der Waals surface area contributed by atoms with Crippen molar-refractivity contribution in [2.75, 3.05) is 7.11 Å². The molecule has 138 valence electrons. The first-order valence-corrected chi connectivity index (χ1v) is 8.99. The highest BCUT2D eigenvalue weighted by molar-refractivity contribution is 5.92. The van der Waals surface area contributed by atoms with Gasteiger partial charge in [0.25, 0.3) is 5.91 Å². The molecule has 25 heavy (non-hydrogen) atoms. The zero-order valence-electron chi connectivity index (χ0n) is 15.8. The van der Waals surface area contributed by atoms with Gasteiger partial charge in [-0.3, -0.25) is 4.79 Å². The summed E-state index contributed by atoms with van der Waals surface area (Å²) in [5.41, 5.74) is 1.31. The van der Waals surface area contributed by atoms with Crippen LogP contribution in [-0.4, -0.2) is 31.1 Å². The van der Waals surface area contributed by atoms with Gasteiger partial charge in [0.05, 0.1) is 12.7 Å². The van der Waals surface area contributed by atoms with Crippen LogP contribution in [0.4, 0.5) is 0 Å². The fourth-order valence-electron chi connectivity index (χ4n) is 3.31. The molecule has 0 heterocycles. The van der Waals surface area contributed by atoms with E-state index in [1.807, 2.05) is 6.92 Å². The second kappa shape index (κ2) is 8.37. The number of ether oxygens (including phenoxy) is 2. The molecule has 0 saturated heterocycles. The average Bonchev–Trinajstić information content (AvgIpc) is 2.59. The number of rotatable bonds is 5. The lowest BCUT2D eigenvalue weighted by molar-refractivity contribution is -0.130. The van der Waals surface area contributed by atoms with Gasteiger partial charge in [-0.05, 0) is 49.8 Å². The van der Waals surface area contributed by atoms with E-state index in [0.717, 1.165) is 18.4 Å². The predicted molar refractivity (Wildman–Crippen MR) is 96.7 cm³/mol. The Labute approximate surface area is 150 Å². The molecule has 1 amide bonds. The van der Waals surface area contributed by atoms with E-state index in [2.05, 4.69) is 19.2 Å². The molecule has 0 aliphatic heterocycles. The van der Waals surface area contributed by atoms with Crippen LogP contribution >= 0.6 is 0 Å². The maximum atomic E-state index is 12.4. The van der Waals surface area contributed by atoms with Crippen molar-refractivity contribution in [2.45, 2.75) is 59.1 Å². The summed E-state index contributed by atoms with van der Waals surface area (Å²) in [5, 5.41) is 3.05. The normalized spacial score (nSPS) is 24.3. The molecule has 0 spiro atoms. The smallest absolute Gasteiger partial charge is 0.339 e. The Morgan fingerprint density at radius 3 is 2.64 bits per heavy atom. The first kappa shape index (κ1) is 19.3. The lowest BCUT2D eigenvalue weighted by atomic mass is 9.78. The van der Waals surface area contributed by atoms with Crippen LogP contribution in [0.3, 0.4) is 0 Å². The Bertz CT molecular complexity index is 628. The van der Waals surface area contributed by atoms with E-state index < -0.39 is 12.1 Å². The predicted octanol–water partition coefficient (Wildman–Crippen LogP) is 3.49. The maximum Gasteiger partial charge on any atom is 0.339 e. The maximum absolute atomic E-state index is 12.4. The first-order valence-electron chi connectivity index (χ1n) is 8.99. The highest BCUT2D eigenvalue weighted by Crippen LogP contribution is 2.29. The van der Waals surface area contributed by atoms with Crippen molar-refractivity contribution in [3.8, 4) is 5.75 Å². The number of carbonyl (C=O) groups excluding carboxylic acids is 2. The van der Waals surface area contributed by atoms with E-state index in [4.69, 9.17) is 9.47 Å². The summed E-state index contributed by atoms with van der Waals surface area (Å²) in [7, 11) is 1.56. The third-order valence-corrected chi connectivity index (χ3v) is 5.33. The molecule has 5 heteroatoms. The molecule has 0 radical (unpaired) electrons. The van der Waals surface area contributed by atoms with Crippen LogP contribution in [0.2, 0.25) is 0 Å². The van der Waals surface area contributed by atoms with Crippen molar-refractivity contribution in [1.82, 2.24) is 5.32 Å². The highest BCUT2D eigenvalue weighted by atomic mass is 16.5. The Morgan fingerprint density at radius 2 is 1.96 bits per heavy atom. The second-order valence-electron chi connectivity index (χ2n) is 7.11. The standard InChI is InChI=1S/C20H29NO4/c1-12-7-6-8-17(14(12)3)21-19(22)15(4)25-20(23)16-10-9-13(2)18(11-16)24-5/h9-12,14-15,17H,6-8H2,1-5H3,(H,21,22)/t12-,14+,15-,17+/m1/s1. The largest absolute Gasteiger partial charge is 0.496 e. The van der Waals surface area contributed by atoms with Crippen molar-refractivity contribution in [3.63, 3.8) is 0 Å². The van der Waals surface area contributed by atoms with Crippen molar-refractivity contribution in [2.24, 2.45) is 11.8 Å². The zero-order valence-corrected chi connectivity index (χ0v) is 15.8. The SMILES string of the molecule is COc1cc(C(=O)O[C@H](C)C(=O)N[C@H]2CCC[C@@H](C)[C@@H]2C)ccc1C. The van der Waals surface area contributed by atoms with E-state index >= 15 is 0 Å². The van der Waals surface area contributed by atoms with Gasteiger partial charge < -0.3 is 14.8 Å². The number of esters is 1. The molecule has 1 fully saturated rings. The van der Waals surface area contributed by atoms with Crippen molar-refractivity contribution in [3.05, 3.63) is 29.3 Å². The van der Waals surface area contributed by atoms with Gasteiger partial charge in [0.15, 0.2) is 6.10 Å². The van der Waals surface area contributed by atoms with Gasteiger partial charge in [-0.1, -0.05) is 32.8 Å². The molecule has 4 atom stereocenters. The zero-order chi connectivity index (χ0) is 18.6. The van der Waals surface area contributed by atoms with Gasteiger partial charge in [0.1, 0.15) is 5.75 Å². The Hall–Kier alpha value is -2.04. The number of hydrogen-bond acceptors (Lipinski definition) is 4. The monoisotopic (exact) mass is 347 g/mol. The van der Waals surface area contributed by atoms with Crippen molar-refractivity contribution >= 4 is 11.9 Å². The molecular weight excluding hydrogens is 318 g/mol. The molecule has 1 aromatic rings. The Kier molecular flexibility index (Phi) is 6.45. The molecule has 5 nitrogen and oxygen atoms in total. The van der Waals surface area contributed by atoms with Crippen LogP contribution in [0.25, 0.3) is 0 Å². The van der Waals surface area contributed by atoms with E-state index in [1.165, 1.54) is 6.42 Å². The van der Waals surface area contributed by atoms with Crippen LogP contribution in [0.5, 0.6) is 5.75 Å². The fraction of sp³-hybridized carbons (Fsp3) is 0.600. The number of methoxy groups -OCH3 is 1. The van der Waals surface area contributed by atoms with Gasteiger partial charge in [0, 0.05) is 6.04 Å². The lowest BCUT2D eigenvalue weighted by Gasteiger charge is -2.35. The van der Waals surface area contributed by atoms with Crippen LogP contribution in [-0.2, 0) is 9.53 Å². The van der Waals surface area contributed by atoms with E-state index in [9.17, 15) is 9.59 Å². The second-order valence-corrected chi connectivity index (χ2v) is 7.11. The highest BCUT2D eigenvalue weighted by Gasteiger charge is 2.30. The molecule has 0 bridgehead atoms. The molecule has 0 unspecified atom stereocenters. The van der Waals surface area contributed by atoms with E-state index in [0.29, 0.717) is 23.1 Å². The number of benzene rings is 1. The third-order valence-electron chi connectivity index (χ3n) is 5.33. The lowest BCUT2D eigenvalue weighted by Crippen LogP contribution is -2.47. The molecule has 1 aromatic carbocycles. The first-order chi connectivity index (χ1) is 11.8. The van der Waals surface area contributed by atoms with E-state index in [1.54, 1.807) is 32.2 Å². The van der Waals surface area contributed by atoms with Crippen LogP contribution in [0.1, 0.15) is 56.0 Å². The minimum Gasteiger partial charge on any atom is -0.496 e. The van der Waals surface area contributed by atoms with Gasteiger partial charge in [-0.25, -0.2) is 4.79 Å². The molecule has 1 N–H and O–H groups in total. The minimum atomic E-state index is -0.829. The minimum absolute atomic E-state index is 0.150. The van der Waals surface area contributed by atoms with Crippen LogP contribution in [0, 0.1) is 18.8 Å². The molecule has 1 aliphatic rings. The molecule has 1 aliphatic carbocycles. The summed E-state index contributed by atoms with van der Waals surface area (Å²) < 4.78 is 10.6. The molecule has 1 saturated carbocycles.